The first-order valence-electron chi connectivity index (χ1n) is 6.24. The second-order valence-electron chi connectivity index (χ2n) is 4.58. The Hall–Kier alpha value is -2.06. The number of carbonyl (C=O) groups excluding carboxylic acids is 1. The first-order valence-corrected chi connectivity index (χ1v) is 6.24. The van der Waals surface area contributed by atoms with Crippen LogP contribution in [0.2, 0.25) is 0 Å². The molecular formula is C14H16N2O3. The summed E-state index contributed by atoms with van der Waals surface area (Å²) in [6, 6.07) is 11.4. The Morgan fingerprint density at radius 1 is 1.47 bits per heavy atom. The Balaban J connectivity index is 1.85. The van der Waals surface area contributed by atoms with Crippen LogP contribution in [0.25, 0.3) is 0 Å². The summed E-state index contributed by atoms with van der Waals surface area (Å²) in [5.74, 6) is -0.530. The highest BCUT2D eigenvalue weighted by Crippen LogP contribution is 2.17. The Morgan fingerprint density at radius 3 is 2.89 bits per heavy atom. The maximum atomic E-state index is 11.9. The molecule has 0 bridgehead atoms. The van der Waals surface area contributed by atoms with Gasteiger partial charge in [0.15, 0.2) is 0 Å². The van der Waals surface area contributed by atoms with E-state index >= 15 is 0 Å². The van der Waals surface area contributed by atoms with E-state index in [1.807, 2.05) is 36.4 Å². The highest BCUT2D eigenvalue weighted by atomic mass is 16.6. The van der Waals surface area contributed by atoms with Crippen LogP contribution >= 0.6 is 0 Å². The summed E-state index contributed by atoms with van der Waals surface area (Å²) in [6.07, 6.45) is -0.669. The molecule has 100 valence electrons. The van der Waals surface area contributed by atoms with Crippen LogP contribution in [-0.2, 0) is 11.3 Å². The van der Waals surface area contributed by atoms with Gasteiger partial charge in [0, 0.05) is 13.1 Å². The van der Waals surface area contributed by atoms with E-state index in [-0.39, 0.29) is 13.2 Å². The normalized spacial score (nSPS) is 22.6. The van der Waals surface area contributed by atoms with Crippen molar-refractivity contribution in [3.63, 3.8) is 0 Å². The summed E-state index contributed by atoms with van der Waals surface area (Å²) in [6.45, 7) is 0.869. The molecule has 1 N–H and O–H groups in total. The van der Waals surface area contributed by atoms with E-state index in [0.29, 0.717) is 13.0 Å². The van der Waals surface area contributed by atoms with E-state index in [1.54, 1.807) is 0 Å². The van der Waals surface area contributed by atoms with Crippen LogP contribution in [0.4, 0.5) is 4.79 Å². The molecule has 2 unspecified atom stereocenters. The number of amides is 1. The van der Waals surface area contributed by atoms with Crippen LogP contribution in [0.1, 0.15) is 12.0 Å². The highest BCUT2D eigenvalue weighted by molar-refractivity contribution is 5.67. The SMILES string of the molecule is N#CC1CN(C(=O)OCc2ccccc2)CCC1O. The summed E-state index contributed by atoms with van der Waals surface area (Å²) in [5.41, 5.74) is 0.921. The van der Waals surface area contributed by atoms with Crippen molar-refractivity contribution in [2.75, 3.05) is 13.1 Å². The smallest absolute Gasteiger partial charge is 0.410 e. The Labute approximate surface area is 112 Å². The van der Waals surface area contributed by atoms with Crippen LogP contribution in [0, 0.1) is 17.2 Å². The summed E-state index contributed by atoms with van der Waals surface area (Å²) in [7, 11) is 0. The fraction of sp³-hybridized carbons (Fsp3) is 0.429. The largest absolute Gasteiger partial charge is 0.445 e. The van der Waals surface area contributed by atoms with Gasteiger partial charge in [-0.3, -0.25) is 0 Å². The molecule has 5 nitrogen and oxygen atoms in total. The molecule has 1 amide bonds. The number of piperidine rings is 1. The summed E-state index contributed by atoms with van der Waals surface area (Å²) in [5, 5.41) is 18.5. The minimum atomic E-state index is -0.650. The van der Waals surface area contributed by atoms with Crippen LogP contribution in [-0.4, -0.2) is 35.3 Å². The zero-order valence-electron chi connectivity index (χ0n) is 10.5. The van der Waals surface area contributed by atoms with E-state index < -0.39 is 18.1 Å². The van der Waals surface area contributed by atoms with Gasteiger partial charge in [-0.05, 0) is 12.0 Å². The second kappa shape index (κ2) is 6.21. The van der Waals surface area contributed by atoms with Gasteiger partial charge in [0.2, 0.25) is 0 Å². The molecule has 1 aliphatic rings. The van der Waals surface area contributed by atoms with E-state index in [9.17, 15) is 9.90 Å². The number of nitriles is 1. The quantitative estimate of drug-likeness (QED) is 0.875. The van der Waals surface area contributed by atoms with Crippen molar-refractivity contribution in [3.8, 4) is 6.07 Å². The number of hydrogen-bond donors (Lipinski definition) is 1. The Kier molecular flexibility index (Phi) is 4.37. The van der Waals surface area contributed by atoms with E-state index in [0.717, 1.165) is 5.56 Å². The lowest BCUT2D eigenvalue weighted by molar-refractivity contribution is 0.0358. The lowest BCUT2D eigenvalue weighted by Crippen LogP contribution is -2.45. The Bertz CT molecular complexity index is 469. The number of ether oxygens (including phenoxy) is 1. The molecule has 1 aliphatic heterocycles. The van der Waals surface area contributed by atoms with Gasteiger partial charge in [-0.1, -0.05) is 30.3 Å². The monoisotopic (exact) mass is 260 g/mol. The van der Waals surface area contributed by atoms with Crippen LogP contribution in [0.3, 0.4) is 0 Å². The van der Waals surface area contributed by atoms with E-state index in [2.05, 4.69) is 0 Å². The highest BCUT2D eigenvalue weighted by Gasteiger charge is 2.30. The number of carbonyl (C=O) groups is 1. The molecule has 1 aromatic rings. The van der Waals surface area contributed by atoms with Crippen LogP contribution < -0.4 is 0 Å². The van der Waals surface area contributed by atoms with Crippen molar-refractivity contribution >= 4 is 6.09 Å². The third-order valence-electron chi connectivity index (χ3n) is 3.21. The molecule has 0 saturated carbocycles. The zero-order chi connectivity index (χ0) is 13.7. The molecule has 19 heavy (non-hydrogen) atoms. The molecule has 5 heteroatoms. The number of aliphatic hydroxyl groups is 1. The molecule has 2 atom stereocenters. The zero-order valence-corrected chi connectivity index (χ0v) is 10.5. The molecule has 2 rings (SSSR count). The minimum absolute atomic E-state index is 0.218. The number of benzene rings is 1. The number of likely N-dealkylation sites (tertiary alicyclic amines) is 1. The number of hydrogen-bond acceptors (Lipinski definition) is 4. The van der Waals surface area contributed by atoms with Crippen molar-refractivity contribution in [1.82, 2.24) is 4.90 Å². The topological polar surface area (TPSA) is 73.6 Å². The number of aliphatic hydroxyl groups excluding tert-OH is 1. The van der Waals surface area contributed by atoms with Gasteiger partial charge in [0.05, 0.1) is 18.1 Å². The average molecular weight is 260 g/mol. The molecule has 0 radical (unpaired) electrons. The van der Waals surface area contributed by atoms with Gasteiger partial charge >= 0.3 is 6.09 Å². The average Bonchev–Trinajstić information content (AvgIpc) is 2.46. The predicted octanol–water partition coefficient (Wildman–Crippen LogP) is 1.53. The fourth-order valence-corrected chi connectivity index (χ4v) is 2.04. The van der Waals surface area contributed by atoms with Crippen LogP contribution in [0.5, 0.6) is 0 Å². The first-order chi connectivity index (χ1) is 9.20. The Morgan fingerprint density at radius 2 is 2.21 bits per heavy atom. The van der Waals surface area contributed by atoms with Gasteiger partial charge in [-0.2, -0.15) is 5.26 Å². The van der Waals surface area contributed by atoms with Gasteiger partial charge in [0.1, 0.15) is 6.61 Å². The first kappa shape index (κ1) is 13.4. The standard InChI is InChI=1S/C14H16N2O3/c15-8-12-9-16(7-6-13(12)17)14(18)19-10-11-4-2-1-3-5-11/h1-5,12-13,17H,6-7,9-10H2. The molecule has 0 aromatic heterocycles. The van der Waals surface area contributed by atoms with Gasteiger partial charge in [0.25, 0.3) is 0 Å². The van der Waals surface area contributed by atoms with Crippen molar-refractivity contribution in [1.29, 1.82) is 5.26 Å². The number of rotatable bonds is 2. The molecule has 1 heterocycles. The van der Waals surface area contributed by atoms with Crippen LogP contribution in [0.15, 0.2) is 30.3 Å². The maximum absolute atomic E-state index is 11.9. The molecule has 0 spiro atoms. The van der Waals surface area contributed by atoms with Gasteiger partial charge in [-0.25, -0.2) is 4.79 Å². The lowest BCUT2D eigenvalue weighted by atomic mass is 9.97. The molecule has 1 aromatic carbocycles. The fourth-order valence-electron chi connectivity index (χ4n) is 2.04. The summed E-state index contributed by atoms with van der Waals surface area (Å²) >= 11 is 0. The minimum Gasteiger partial charge on any atom is -0.445 e. The van der Waals surface area contributed by atoms with Crippen molar-refractivity contribution < 1.29 is 14.6 Å². The predicted molar refractivity (Wildman–Crippen MR) is 67.9 cm³/mol. The molecule has 1 fully saturated rings. The van der Waals surface area contributed by atoms with Gasteiger partial charge in [-0.15, -0.1) is 0 Å². The van der Waals surface area contributed by atoms with E-state index in [4.69, 9.17) is 10.00 Å². The molecule has 1 saturated heterocycles. The summed E-state index contributed by atoms with van der Waals surface area (Å²) < 4.78 is 5.19. The van der Waals surface area contributed by atoms with Crippen molar-refractivity contribution in [3.05, 3.63) is 35.9 Å². The molecular weight excluding hydrogens is 244 g/mol. The third-order valence-corrected chi connectivity index (χ3v) is 3.21. The van der Waals surface area contributed by atoms with Gasteiger partial charge < -0.3 is 14.7 Å². The third kappa shape index (κ3) is 3.46. The van der Waals surface area contributed by atoms with E-state index in [1.165, 1.54) is 4.90 Å². The number of nitrogens with zero attached hydrogens (tertiary/aromatic N) is 2. The lowest BCUT2D eigenvalue weighted by Gasteiger charge is -2.32. The second-order valence-corrected chi connectivity index (χ2v) is 4.58. The van der Waals surface area contributed by atoms with Crippen molar-refractivity contribution in [2.45, 2.75) is 19.1 Å². The summed E-state index contributed by atoms with van der Waals surface area (Å²) in [4.78, 5) is 13.3. The maximum Gasteiger partial charge on any atom is 0.410 e. The van der Waals surface area contributed by atoms with Crippen molar-refractivity contribution in [2.24, 2.45) is 5.92 Å². The molecule has 0 aliphatic carbocycles.